The summed E-state index contributed by atoms with van der Waals surface area (Å²) in [6.45, 7) is 6.75. The molecule has 6 heteroatoms. The third-order valence-electron chi connectivity index (χ3n) is 5.22. The van der Waals surface area contributed by atoms with E-state index in [4.69, 9.17) is 0 Å². The van der Waals surface area contributed by atoms with Crippen LogP contribution in [0.15, 0.2) is 48.7 Å². The number of likely N-dealkylation sites (tertiary alicyclic amines) is 1. The third-order valence-corrected chi connectivity index (χ3v) is 5.22. The standard InChI is InChI=1S/C23H30N4O2/c1-16(2)26-23(29)27-15-19(22(28)25-14-20-9-4-5-12-24-20)10-11-21(27)18-8-6-7-17(3)13-18/h4-9,12-13,16,19,21H,10-11,14-15H2,1-3H3,(H,25,28)(H,26,29)/t19-,21+/m0/s1. The molecule has 1 aliphatic rings. The molecule has 0 radical (unpaired) electrons. The number of carbonyl (C=O) groups is 2. The van der Waals surface area contributed by atoms with Gasteiger partial charge in [0.15, 0.2) is 0 Å². The summed E-state index contributed by atoms with van der Waals surface area (Å²) >= 11 is 0. The lowest BCUT2D eigenvalue weighted by Crippen LogP contribution is -2.51. The summed E-state index contributed by atoms with van der Waals surface area (Å²) in [5.41, 5.74) is 3.11. The maximum atomic E-state index is 12.9. The van der Waals surface area contributed by atoms with Gasteiger partial charge in [-0.2, -0.15) is 0 Å². The van der Waals surface area contributed by atoms with Crippen LogP contribution < -0.4 is 10.6 Å². The first-order valence-electron chi connectivity index (χ1n) is 10.3. The van der Waals surface area contributed by atoms with Gasteiger partial charge in [0.2, 0.25) is 5.91 Å². The van der Waals surface area contributed by atoms with Crippen LogP contribution in [0.3, 0.4) is 0 Å². The number of aromatic nitrogens is 1. The molecule has 154 valence electrons. The smallest absolute Gasteiger partial charge is 0.318 e. The average molecular weight is 395 g/mol. The second kappa shape index (κ2) is 9.54. The zero-order valence-corrected chi connectivity index (χ0v) is 17.4. The van der Waals surface area contributed by atoms with E-state index in [2.05, 4.69) is 40.7 Å². The Morgan fingerprint density at radius 2 is 2.00 bits per heavy atom. The molecular weight excluding hydrogens is 364 g/mol. The lowest BCUT2D eigenvalue weighted by molar-refractivity contribution is -0.127. The van der Waals surface area contributed by atoms with Crippen molar-refractivity contribution >= 4 is 11.9 Å². The Hall–Kier alpha value is -2.89. The third kappa shape index (κ3) is 5.56. The predicted octanol–water partition coefficient (Wildman–Crippen LogP) is 3.58. The van der Waals surface area contributed by atoms with Crippen LogP contribution in [-0.4, -0.2) is 34.4 Å². The highest BCUT2D eigenvalue weighted by atomic mass is 16.2. The number of amides is 3. The van der Waals surface area contributed by atoms with E-state index in [1.165, 1.54) is 5.56 Å². The van der Waals surface area contributed by atoms with Gasteiger partial charge in [-0.3, -0.25) is 9.78 Å². The zero-order chi connectivity index (χ0) is 20.8. The van der Waals surface area contributed by atoms with E-state index in [-0.39, 0.29) is 29.9 Å². The first-order chi connectivity index (χ1) is 13.9. The molecule has 0 unspecified atom stereocenters. The average Bonchev–Trinajstić information content (AvgIpc) is 2.72. The molecule has 0 aliphatic carbocycles. The SMILES string of the molecule is Cc1cccc([C@H]2CC[C@H](C(=O)NCc3ccccn3)CN2C(=O)NC(C)C)c1. The molecule has 29 heavy (non-hydrogen) atoms. The molecule has 3 amide bonds. The normalized spacial score (nSPS) is 19.1. The van der Waals surface area contributed by atoms with E-state index in [0.717, 1.165) is 24.1 Å². The monoisotopic (exact) mass is 394 g/mol. The van der Waals surface area contributed by atoms with Gasteiger partial charge >= 0.3 is 6.03 Å². The van der Waals surface area contributed by atoms with E-state index in [1.807, 2.05) is 43.0 Å². The van der Waals surface area contributed by atoms with Crippen molar-refractivity contribution in [2.24, 2.45) is 5.92 Å². The van der Waals surface area contributed by atoms with Gasteiger partial charge in [0.05, 0.1) is 24.2 Å². The van der Waals surface area contributed by atoms with Gasteiger partial charge in [0.25, 0.3) is 0 Å². The van der Waals surface area contributed by atoms with E-state index in [9.17, 15) is 9.59 Å². The number of nitrogens with zero attached hydrogens (tertiary/aromatic N) is 2. The molecule has 0 spiro atoms. The number of urea groups is 1. The zero-order valence-electron chi connectivity index (χ0n) is 17.4. The molecular formula is C23H30N4O2. The van der Waals surface area contributed by atoms with Crippen molar-refractivity contribution in [3.8, 4) is 0 Å². The number of rotatable bonds is 5. The molecule has 2 heterocycles. The molecule has 2 atom stereocenters. The van der Waals surface area contributed by atoms with Gasteiger partial charge in [-0.05, 0) is 51.3 Å². The second-order valence-electron chi connectivity index (χ2n) is 8.00. The van der Waals surface area contributed by atoms with E-state index < -0.39 is 0 Å². The number of pyridine rings is 1. The molecule has 1 saturated heterocycles. The highest BCUT2D eigenvalue weighted by Crippen LogP contribution is 2.34. The van der Waals surface area contributed by atoms with Crippen molar-refractivity contribution in [2.45, 2.75) is 52.2 Å². The summed E-state index contributed by atoms with van der Waals surface area (Å²) in [5, 5.41) is 5.96. The van der Waals surface area contributed by atoms with Crippen LogP contribution >= 0.6 is 0 Å². The molecule has 1 aromatic carbocycles. The van der Waals surface area contributed by atoms with Crippen molar-refractivity contribution in [1.82, 2.24) is 20.5 Å². The Morgan fingerprint density at radius 3 is 2.69 bits per heavy atom. The fourth-order valence-corrected chi connectivity index (χ4v) is 3.79. The van der Waals surface area contributed by atoms with Gasteiger partial charge in [0, 0.05) is 18.8 Å². The first-order valence-corrected chi connectivity index (χ1v) is 10.3. The van der Waals surface area contributed by atoms with Crippen LogP contribution in [0.2, 0.25) is 0 Å². The maximum Gasteiger partial charge on any atom is 0.318 e. The Bertz CT molecular complexity index is 838. The molecule has 1 aliphatic heterocycles. The van der Waals surface area contributed by atoms with Crippen LogP contribution in [-0.2, 0) is 11.3 Å². The molecule has 1 fully saturated rings. The van der Waals surface area contributed by atoms with E-state index in [1.54, 1.807) is 6.20 Å². The topological polar surface area (TPSA) is 74.3 Å². The highest BCUT2D eigenvalue weighted by Gasteiger charge is 2.35. The summed E-state index contributed by atoms with van der Waals surface area (Å²) in [5.74, 6) is -0.252. The predicted molar refractivity (Wildman–Crippen MR) is 113 cm³/mol. The quantitative estimate of drug-likeness (QED) is 0.814. The van der Waals surface area contributed by atoms with Crippen LogP contribution in [0.25, 0.3) is 0 Å². The Kier molecular flexibility index (Phi) is 6.86. The van der Waals surface area contributed by atoms with Crippen LogP contribution in [0, 0.1) is 12.8 Å². The van der Waals surface area contributed by atoms with Crippen LogP contribution in [0.5, 0.6) is 0 Å². The fraction of sp³-hybridized carbons (Fsp3) is 0.435. The molecule has 0 saturated carbocycles. The lowest BCUT2D eigenvalue weighted by Gasteiger charge is -2.40. The van der Waals surface area contributed by atoms with Crippen LogP contribution in [0.4, 0.5) is 4.79 Å². The molecule has 1 aromatic heterocycles. The minimum Gasteiger partial charge on any atom is -0.350 e. The van der Waals surface area contributed by atoms with E-state index >= 15 is 0 Å². The Morgan fingerprint density at radius 1 is 1.17 bits per heavy atom. The summed E-state index contributed by atoms with van der Waals surface area (Å²) in [6.07, 6.45) is 3.22. The fourth-order valence-electron chi connectivity index (χ4n) is 3.79. The van der Waals surface area contributed by atoms with E-state index in [0.29, 0.717) is 13.1 Å². The number of nitrogens with one attached hydrogen (secondary N) is 2. The molecule has 3 rings (SSSR count). The molecule has 0 bridgehead atoms. The molecule has 6 nitrogen and oxygen atoms in total. The van der Waals surface area contributed by atoms with Gasteiger partial charge in [-0.15, -0.1) is 0 Å². The van der Waals surface area contributed by atoms with Gasteiger partial charge < -0.3 is 15.5 Å². The first kappa shape index (κ1) is 20.8. The number of benzene rings is 1. The minimum atomic E-state index is -0.224. The van der Waals surface area contributed by atoms with Crippen molar-refractivity contribution in [2.75, 3.05) is 6.54 Å². The summed E-state index contributed by atoms with van der Waals surface area (Å²) in [6, 6.07) is 13.8. The number of hydrogen-bond donors (Lipinski definition) is 2. The Labute approximate surface area is 172 Å². The minimum absolute atomic E-state index is 0.0199. The van der Waals surface area contributed by atoms with Gasteiger partial charge in [0.1, 0.15) is 0 Å². The van der Waals surface area contributed by atoms with Crippen molar-refractivity contribution in [1.29, 1.82) is 0 Å². The highest BCUT2D eigenvalue weighted by molar-refractivity contribution is 5.81. The molecule has 2 aromatic rings. The molecule has 2 N–H and O–H groups in total. The number of aryl methyl sites for hydroxylation is 1. The van der Waals surface area contributed by atoms with Crippen LogP contribution in [0.1, 0.15) is 49.6 Å². The van der Waals surface area contributed by atoms with Crippen molar-refractivity contribution in [3.05, 3.63) is 65.5 Å². The lowest BCUT2D eigenvalue weighted by atomic mass is 9.88. The van der Waals surface area contributed by atoms with Crippen molar-refractivity contribution < 1.29 is 9.59 Å². The second-order valence-corrected chi connectivity index (χ2v) is 8.00. The van der Waals surface area contributed by atoms with Gasteiger partial charge in [-0.1, -0.05) is 35.9 Å². The summed E-state index contributed by atoms with van der Waals surface area (Å²) < 4.78 is 0. The maximum absolute atomic E-state index is 12.9. The van der Waals surface area contributed by atoms with Gasteiger partial charge in [-0.25, -0.2) is 4.79 Å². The summed E-state index contributed by atoms with van der Waals surface area (Å²) in [4.78, 5) is 31.7. The number of carbonyl (C=O) groups excluding carboxylic acids is 2. The van der Waals surface area contributed by atoms with Crippen molar-refractivity contribution in [3.63, 3.8) is 0 Å². The summed E-state index contributed by atoms with van der Waals surface area (Å²) in [7, 11) is 0. The largest absolute Gasteiger partial charge is 0.350 e. The number of hydrogen-bond acceptors (Lipinski definition) is 3. The number of piperidine rings is 1. The Balaban J connectivity index is 1.71.